The minimum absolute atomic E-state index is 0.0612. The van der Waals surface area contributed by atoms with Gasteiger partial charge in [0.25, 0.3) is 0 Å². The summed E-state index contributed by atoms with van der Waals surface area (Å²) < 4.78 is 5.02. The highest BCUT2D eigenvalue weighted by atomic mass is 15.3. The van der Waals surface area contributed by atoms with Crippen LogP contribution in [-0.4, -0.2) is 9.13 Å². The average Bonchev–Trinajstić information content (AvgIpc) is 3.64. The van der Waals surface area contributed by atoms with Crippen molar-refractivity contribution in [2.75, 3.05) is 10.6 Å². The van der Waals surface area contributed by atoms with Crippen LogP contribution in [0, 0.1) is 0 Å². The van der Waals surface area contributed by atoms with E-state index in [4.69, 9.17) is 0 Å². The van der Waals surface area contributed by atoms with Gasteiger partial charge in [0.2, 0.25) is 0 Å². The SMILES string of the molecule is c1ccc(-n2c3ccccc3c3c2ccc2c4c5ccccc5cc5c4n(c23)C2Nc3ccccc3NC52)cc1. The molecule has 2 N–H and O–H groups in total. The molecule has 4 heteroatoms. The molecule has 0 bridgehead atoms. The Labute approximate surface area is 230 Å². The van der Waals surface area contributed by atoms with Crippen molar-refractivity contribution in [1.29, 1.82) is 0 Å². The van der Waals surface area contributed by atoms with Crippen LogP contribution in [0.25, 0.3) is 60.1 Å². The van der Waals surface area contributed by atoms with E-state index >= 15 is 0 Å². The summed E-state index contributed by atoms with van der Waals surface area (Å²) in [6.45, 7) is 0. The molecule has 0 saturated heterocycles. The Bertz CT molecular complexity index is 2340. The molecule has 6 aromatic carbocycles. The van der Waals surface area contributed by atoms with Crippen LogP contribution in [0.5, 0.6) is 0 Å². The Morgan fingerprint density at radius 1 is 0.525 bits per heavy atom. The maximum absolute atomic E-state index is 3.94. The summed E-state index contributed by atoms with van der Waals surface area (Å²) in [5, 5.41) is 15.7. The molecule has 8 aromatic rings. The van der Waals surface area contributed by atoms with Crippen molar-refractivity contribution in [1.82, 2.24) is 9.13 Å². The maximum atomic E-state index is 3.94. The number of hydrogen-bond donors (Lipinski definition) is 2. The number of anilines is 2. The zero-order chi connectivity index (χ0) is 25.9. The second-order valence-electron chi connectivity index (χ2n) is 11.1. The van der Waals surface area contributed by atoms with Crippen molar-refractivity contribution in [3.63, 3.8) is 0 Å². The van der Waals surface area contributed by atoms with E-state index in [1.54, 1.807) is 0 Å². The zero-order valence-electron chi connectivity index (χ0n) is 21.6. The van der Waals surface area contributed by atoms with Gasteiger partial charge in [0.15, 0.2) is 0 Å². The lowest BCUT2D eigenvalue weighted by atomic mass is 9.95. The lowest BCUT2D eigenvalue weighted by Gasteiger charge is -2.33. The van der Waals surface area contributed by atoms with Crippen LogP contribution in [0.4, 0.5) is 11.4 Å². The minimum Gasteiger partial charge on any atom is -0.373 e. The van der Waals surface area contributed by atoms with Gasteiger partial charge in [-0.2, -0.15) is 0 Å². The molecule has 0 saturated carbocycles. The molecule has 0 radical (unpaired) electrons. The number of nitrogens with one attached hydrogen (secondary N) is 2. The topological polar surface area (TPSA) is 33.9 Å². The summed E-state index contributed by atoms with van der Waals surface area (Å²) in [6, 6.07) is 44.3. The minimum atomic E-state index is 0.0612. The van der Waals surface area contributed by atoms with Crippen LogP contribution in [0.15, 0.2) is 121 Å². The summed E-state index contributed by atoms with van der Waals surface area (Å²) in [5.74, 6) is 0. The van der Waals surface area contributed by atoms with Gasteiger partial charge >= 0.3 is 0 Å². The lowest BCUT2D eigenvalue weighted by molar-refractivity contribution is 0.541. The summed E-state index contributed by atoms with van der Waals surface area (Å²) in [6.07, 6.45) is 0.0612. The molecule has 40 heavy (non-hydrogen) atoms. The lowest BCUT2D eigenvalue weighted by Crippen LogP contribution is -2.29. The third kappa shape index (κ3) is 2.43. The van der Waals surface area contributed by atoms with Gasteiger partial charge < -0.3 is 19.8 Å². The Morgan fingerprint density at radius 2 is 1.25 bits per heavy atom. The van der Waals surface area contributed by atoms with E-state index in [2.05, 4.69) is 141 Å². The maximum Gasteiger partial charge on any atom is 0.129 e. The van der Waals surface area contributed by atoms with Gasteiger partial charge in [-0.1, -0.05) is 78.9 Å². The van der Waals surface area contributed by atoms with E-state index in [1.807, 2.05) is 0 Å². The number of nitrogens with zero attached hydrogens (tertiary/aromatic N) is 2. The number of aromatic nitrogens is 2. The summed E-state index contributed by atoms with van der Waals surface area (Å²) in [5.41, 5.74) is 9.95. The predicted octanol–water partition coefficient (Wildman–Crippen LogP) is 9.14. The number of hydrogen-bond acceptors (Lipinski definition) is 2. The van der Waals surface area contributed by atoms with Crippen molar-refractivity contribution in [2.45, 2.75) is 12.2 Å². The average molecular weight is 513 g/mol. The molecule has 2 aromatic heterocycles. The van der Waals surface area contributed by atoms with Crippen molar-refractivity contribution >= 4 is 65.8 Å². The number of rotatable bonds is 1. The van der Waals surface area contributed by atoms with E-state index in [9.17, 15) is 0 Å². The molecule has 0 amide bonds. The molecule has 4 heterocycles. The standard InChI is InChI=1S/C36H24N4/c1-2-11-22(12-3-1)39-29-17-9-6-14-24(29)32-30(39)19-18-25-31-23-13-5-4-10-21(23)20-26-33-36(40(34(25)32)35(26)31)38-28-16-8-7-15-27(28)37-33/h1-20,33,36-38H. The fourth-order valence-corrected chi connectivity index (χ4v) is 7.55. The highest BCUT2D eigenvalue weighted by Gasteiger charge is 2.40. The predicted molar refractivity (Wildman–Crippen MR) is 167 cm³/mol. The fourth-order valence-electron chi connectivity index (χ4n) is 7.55. The highest BCUT2D eigenvalue weighted by Crippen LogP contribution is 2.54. The molecule has 0 spiro atoms. The van der Waals surface area contributed by atoms with E-state index in [1.165, 1.54) is 65.6 Å². The summed E-state index contributed by atoms with van der Waals surface area (Å²) in [7, 11) is 0. The Hall–Kier alpha value is -5.22. The molecule has 2 aliphatic heterocycles. The van der Waals surface area contributed by atoms with Gasteiger partial charge in [-0.05, 0) is 53.2 Å². The monoisotopic (exact) mass is 512 g/mol. The molecule has 0 fully saturated rings. The quantitative estimate of drug-likeness (QED) is 0.230. The number of fused-ring (bicyclic) bond motifs is 13. The molecule has 188 valence electrons. The van der Waals surface area contributed by atoms with E-state index in [0.29, 0.717) is 0 Å². The molecule has 4 nitrogen and oxygen atoms in total. The summed E-state index contributed by atoms with van der Waals surface area (Å²) >= 11 is 0. The summed E-state index contributed by atoms with van der Waals surface area (Å²) in [4.78, 5) is 0. The first kappa shape index (κ1) is 20.7. The highest BCUT2D eigenvalue weighted by molar-refractivity contribution is 6.30. The van der Waals surface area contributed by atoms with Crippen LogP contribution < -0.4 is 10.6 Å². The molecular formula is C36H24N4. The van der Waals surface area contributed by atoms with Gasteiger partial charge in [-0.25, -0.2) is 0 Å². The largest absolute Gasteiger partial charge is 0.373 e. The third-order valence-corrected chi connectivity index (χ3v) is 9.10. The van der Waals surface area contributed by atoms with E-state index in [-0.39, 0.29) is 12.2 Å². The Morgan fingerprint density at radius 3 is 2.12 bits per heavy atom. The molecule has 2 aliphatic rings. The first-order valence-electron chi connectivity index (χ1n) is 14.0. The molecule has 10 rings (SSSR count). The molecule has 0 aliphatic carbocycles. The Balaban J connectivity index is 1.43. The fraction of sp³-hybridized carbons (Fsp3) is 0.0556. The molecular weight excluding hydrogens is 488 g/mol. The van der Waals surface area contributed by atoms with Crippen molar-refractivity contribution in [3.8, 4) is 5.69 Å². The van der Waals surface area contributed by atoms with Crippen LogP contribution in [-0.2, 0) is 0 Å². The van der Waals surface area contributed by atoms with Crippen LogP contribution in [0.3, 0.4) is 0 Å². The van der Waals surface area contributed by atoms with Gasteiger partial charge in [-0.15, -0.1) is 0 Å². The van der Waals surface area contributed by atoms with Crippen molar-refractivity contribution in [3.05, 3.63) is 127 Å². The van der Waals surface area contributed by atoms with Crippen LogP contribution >= 0.6 is 0 Å². The van der Waals surface area contributed by atoms with Crippen molar-refractivity contribution < 1.29 is 0 Å². The normalized spacial score (nSPS) is 17.4. The van der Waals surface area contributed by atoms with Crippen LogP contribution in [0.2, 0.25) is 0 Å². The smallest absolute Gasteiger partial charge is 0.129 e. The van der Waals surface area contributed by atoms with Gasteiger partial charge in [0.1, 0.15) is 6.17 Å². The van der Waals surface area contributed by atoms with Gasteiger partial charge in [0.05, 0.1) is 39.5 Å². The van der Waals surface area contributed by atoms with Crippen LogP contribution in [0.1, 0.15) is 17.8 Å². The second-order valence-corrected chi connectivity index (χ2v) is 11.1. The molecule has 2 atom stereocenters. The van der Waals surface area contributed by atoms with E-state index < -0.39 is 0 Å². The number of benzene rings is 6. The Kier molecular flexibility index (Phi) is 3.75. The van der Waals surface area contributed by atoms with Gasteiger partial charge in [0, 0.05) is 32.8 Å². The first-order valence-corrected chi connectivity index (χ1v) is 14.0. The van der Waals surface area contributed by atoms with Gasteiger partial charge in [-0.3, -0.25) is 0 Å². The van der Waals surface area contributed by atoms with E-state index in [0.717, 1.165) is 11.4 Å². The number of para-hydroxylation sites is 4. The first-order chi connectivity index (χ1) is 19.9. The zero-order valence-corrected chi connectivity index (χ0v) is 21.6. The third-order valence-electron chi connectivity index (χ3n) is 9.10. The van der Waals surface area contributed by atoms with Crippen molar-refractivity contribution in [2.24, 2.45) is 0 Å². The second kappa shape index (κ2) is 7.25. The molecule has 2 unspecified atom stereocenters.